The number of halogens is 3. The first-order valence-corrected chi connectivity index (χ1v) is 13.0. The second-order valence-corrected chi connectivity index (χ2v) is 11.0. The number of benzene rings is 2. The molecule has 0 saturated heterocycles. The molecule has 0 spiro atoms. The second kappa shape index (κ2) is 11.4. The standard InChI is InChI=1S/C22H26Cl3N3O4S/c1-14(2)26-22(30)15(3)27(12-16-6-5-7-17(23)10-16)21(29)13-28(33(4,31)32)18-8-9-19(24)20(25)11-18/h5-11,14-15H,12-13H2,1-4H3,(H,26,30)/t15-/m1/s1. The van der Waals surface area contributed by atoms with E-state index in [1.807, 2.05) is 13.8 Å². The lowest BCUT2D eigenvalue weighted by Crippen LogP contribution is -2.52. The Balaban J connectivity index is 2.41. The predicted molar refractivity (Wildman–Crippen MR) is 133 cm³/mol. The molecule has 2 aromatic rings. The average Bonchev–Trinajstić information content (AvgIpc) is 2.70. The first-order valence-electron chi connectivity index (χ1n) is 10.1. The van der Waals surface area contributed by atoms with Crippen LogP contribution >= 0.6 is 34.8 Å². The van der Waals surface area contributed by atoms with Crippen LogP contribution in [0.5, 0.6) is 0 Å². The Labute approximate surface area is 209 Å². The molecular weight excluding hydrogens is 509 g/mol. The summed E-state index contributed by atoms with van der Waals surface area (Å²) in [6.45, 7) is 4.73. The molecule has 0 aromatic heterocycles. The Morgan fingerprint density at radius 1 is 1.00 bits per heavy atom. The third-order valence-corrected chi connectivity index (χ3v) is 6.83. The highest BCUT2D eigenvalue weighted by Gasteiger charge is 2.30. The van der Waals surface area contributed by atoms with E-state index in [0.717, 1.165) is 10.6 Å². The monoisotopic (exact) mass is 533 g/mol. The number of amides is 2. The van der Waals surface area contributed by atoms with Crippen LogP contribution in [0, 0.1) is 0 Å². The molecule has 0 aliphatic rings. The number of nitrogens with one attached hydrogen (secondary N) is 1. The summed E-state index contributed by atoms with van der Waals surface area (Å²) in [6, 6.07) is 10.2. The van der Waals surface area contributed by atoms with Crippen molar-refractivity contribution in [2.45, 2.75) is 39.4 Å². The van der Waals surface area contributed by atoms with Gasteiger partial charge in [-0.05, 0) is 56.7 Å². The first kappa shape index (κ1) is 27.2. The third-order valence-electron chi connectivity index (χ3n) is 4.71. The van der Waals surface area contributed by atoms with Gasteiger partial charge in [0.05, 0.1) is 22.0 Å². The number of carbonyl (C=O) groups is 2. The smallest absolute Gasteiger partial charge is 0.244 e. The van der Waals surface area contributed by atoms with Crippen LogP contribution in [-0.4, -0.2) is 50.0 Å². The Morgan fingerprint density at radius 3 is 2.21 bits per heavy atom. The zero-order valence-electron chi connectivity index (χ0n) is 18.7. The van der Waals surface area contributed by atoms with E-state index in [4.69, 9.17) is 34.8 Å². The number of hydrogen-bond donors (Lipinski definition) is 1. The van der Waals surface area contributed by atoms with Crippen molar-refractivity contribution in [2.24, 2.45) is 0 Å². The van der Waals surface area contributed by atoms with Crippen molar-refractivity contribution in [1.82, 2.24) is 10.2 Å². The maximum absolute atomic E-state index is 13.4. The minimum Gasteiger partial charge on any atom is -0.352 e. The van der Waals surface area contributed by atoms with Gasteiger partial charge in [0, 0.05) is 17.6 Å². The van der Waals surface area contributed by atoms with Crippen LogP contribution < -0.4 is 9.62 Å². The summed E-state index contributed by atoms with van der Waals surface area (Å²) in [4.78, 5) is 27.4. The number of nitrogens with zero attached hydrogens (tertiary/aromatic N) is 2. The Kier molecular flexibility index (Phi) is 9.43. The third kappa shape index (κ3) is 7.78. The molecule has 2 rings (SSSR count). The topological polar surface area (TPSA) is 86.8 Å². The van der Waals surface area contributed by atoms with Gasteiger partial charge in [-0.15, -0.1) is 0 Å². The second-order valence-electron chi connectivity index (χ2n) is 7.86. The molecule has 33 heavy (non-hydrogen) atoms. The fourth-order valence-corrected chi connectivity index (χ4v) is 4.42. The van der Waals surface area contributed by atoms with E-state index < -0.39 is 28.5 Å². The minimum atomic E-state index is -3.86. The van der Waals surface area contributed by atoms with Crippen molar-refractivity contribution in [3.63, 3.8) is 0 Å². The van der Waals surface area contributed by atoms with Crippen LogP contribution in [-0.2, 0) is 26.2 Å². The number of carbonyl (C=O) groups excluding carboxylic acids is 2. The van der Waals surface area contributed by atoms with Crippen molar-refractivity contribution in [3.05, 3.63) is 63.1 Å². The highest BCUT2D eigenvalue weighted by Crippen LogP contribution is 2.28. The molecular formula is C22H26Cl3N3O4S. The van der Waals surface area contributed by atoms with E-state index in [1.165, 1.54) is 23.1 Å². The van der Waals surface area contributed by atoms with Gasteiger partial charge in [0.25, 0.3) is 0 Å². The Morgan fingerprint density at radius 2 is 1.67 bits per heavy atom. The first-order chi connectivity index (χ1) is 15.3. The van der Waals surface area contributed by atoms with Crippen molar-refractivity contribution in [2.75, 3.05) is 17.1 Å². The van der Waals surface area contributed by atoms with Crippen LogP contribution in [0.2, 0.25) is 15.1 Å². The normalized spacial score (nSPS) is 12.4. The van der Waals surface area contributed by atoms with Gasteiger partial charge >= 0.3 is 0 Å². The fourth-order valence-electron chi connectivity index (χ4n) is 3.07. The van der Waals surface area contributed by atoms with Crippen molar-refractivity contribution in [3.8, 4) is 0 Å². The van der Waals surface area contributed by atoms with Crippen LogP contribution in [0.15, 0.2) is 42.5 Å². The van der Waals surface area contributed by atoms with E-state index in [-0.39, 0.29) is 34.2 Å². The molecule has 180 valence electrons. The van der Waals surface area contributed by atoms with E-state index in [2.05, 4.69) is 5.32 Å². The van der Waals surface area contributed by atoms with Crippen molar-refractivity contribution < 1.29 is 18.0 Å². The van der Waals surface area contributed by atoms with Gasteiger partial charge in [-0.25, -0.2) is 8.42 Å². The largest absolute Gasteiger partial charge is 0.352 e. The summed E-state index contributed by atoms with van der Waals surface area (Å²) in [6.07, 6.45) is 0.985. The number of rotatable bonds is 9. The molecule has 0 bridgehead atoms. The average molecular weight is 535 g/mol. The molecule has 0 radical (unpaired) electrons. The summed E-state index contributed by atoms with van der Waals surface area (Å²) in [5.41, 5.74) is 0.878. The maximum atomic E-state index is 13.4. The SMILES string of the molecule is CC(C)NC(=O)[C@@H](C)N(Cc1cccc(Cl)c1)C(=O)CN(c1ccc(Cl)c(Cl)c1)S(C)(=O)=O. The predicted octanol–water partition coefficient (Wildman–Crippen LogP) is 4.35. The van der Waals surface area contributed by atoms with Gasteiger partial charge in [0.2, 0.25) is 21.8 Å². The summed E-state index contributed by atoms with van der Waals surface area (Å²) < 4.78 is 26.0. The number of hydrogen-bond acceptors (Lipinski definition) is 4. The molecule has 2 amide bonds. The highest BCUT2D eigenvalue weighted by molar-refractivity contribution is 7.92. The fraction of sp³-hybridized carbons (Fsp3) is 0.364. The lowest BCUT2D eigenvalue weighted by molar-refractivity contribution is -0.139. The quantitative estimate of drug-likeness (QED) is 0.518. The molecule has 0 saturated carbocycles. The highest BCUT2D eigenvalue weighted by atomic mass is 35.5. The van der Waals surface area contributed by atoms with Gasteiger partial charge in [-0.1, -0.05) is 46.9 Å². The molecule has 0 heterocycles. The van der Waals surface area contributed by atoms with E-state index in [0.29, 0.717) is 10.6 Å². The number of anilines is 1. The molecule has 1 N–H and O–H groups in total. The molecule has 0 aliphatic carbocycles. The van der Waals surface area contributed by atoms with Gasteiger partial charge in [0.1, 0.15) is 12.6 Å². The summed E-state index contributed by atoms with van der Waals surface area (Å²) in [5.74, 6) is -0.932. The molecule has 11 heteroatoms. The van der Waals surface area contributed by atoms with Gasteiger partial charge in [-0.3, -0.25) is 13.9 Å². The molecule has 0 unspecified atom stereocenters. The van der Waals surface area contributed by atoms with Crippen LogP contribution in [0.3, 0.4) is 0 Å². The molecule has 2 aromatic carbocycles. The van der Waals surface area contributed by atoms with E-state index >= 15 is 0 Å². The lowest BCUT2D eigenvalue weighted by Gasteiger charge is -2.32. The maximum Gasteiger partial charge on any atom is 0.244 e. The van der Waals surface area contributed by atoms with Crippen molar-refractivity contribution >= 4 is 62.3 Å². The molecule has 0 aliphatic heterocycles. The minimum absolute atomic E-state index is 0.0606. The molecule has 1 atom stereocenters. The lowest BCUT2D eigenvalue weighted by atomic mass is 10.1. The summed E-state index contributed by atoms with van der Waals surface area (Å²) >= 11 is 18.1. The number of sulfonamides is 1. The Hall–Kier alpha value is -2.00. The van der Waals surface area contributed by atoms with E-state index in [1.54, 1.807) is 31.2 Å². The van der Waals surface area contributed by atoms with Crippen molar-refractivity contribution in [1.29, 1.82) is 0 Å². The Bertz CT molecular complexity index is 1130. The summed E-state index contributed by atoms with van der Waals surface area (Å²) in [7, 11) is -3.86. The molecule has 7 nitrogen and oxygen atoms in total. The van der Waals surface area contributed by atoms with Gasteiger partial charge in [0.15, 0.2) is 0 Å². The molecule has 0 fully saturated rings. The summed E-state index contributed by atoms with van der Waals surface area (Å²) in [5, 5.41) is 3.66. The zero-order chi connectivity index (χ0) is 24.9. The van der Waals surface area contributed by atoms with Crippen LogP contribution in [0.25, 0.3) is 0 Å². The van der Waals surface area contributed by atoms with Crippen LogP contribution in [0.4, 0.5) is 5.69 Å². The van der Waals surface area contributed by atoms with E-state index in [9.17, 15) is 18.0 Å². The zero-order valence-corrected chi connectivity index (χ0v) is 21.8. The van der Waals surface area contributed by atoms with Crippen LogP contribution in [0.1, 0.15) is 26.3 Å². The van der Waals surface area contributed by atoms with Gasteiger partial charge < -0.3 is 10.2 Å². The van der Waals surface area contributed by atoms with Gasteiger partial charge in [-0.2, -0.15) is 0 Å².